The van der Waals surface area contributed by atoms with E-state index in [-0.39, 0.29) is 17.7 Å². The molecular formula is C21H24N2O4. The van der Waals surface area contributed by atoms with Crippen molar-refractivity contribution in [3.63, 3.8) is 0 Å². The van der Waals surface area contributed by atoms with E-state index < -0.39 is 11.9 Å². The van der Waals surface area contributed by atoms with E-state index in [1.165, 1.54) is 7.11 Å². The molecule has 2 N–H and O–H groups in total. The number of amides is 2. The number of esters is 1. The summed E-state index contributed by atoms with van der Waals surface area (Å²) in [6.07, 6.45) is -0.348. The Morgan fingerprint density at radius 3 is 1.85 bits per heavy atom. The summed E-state index contributed by atoms with van der Waals surface area (Å²) in [4.78, 5) is 35.1. The maximum Gasteiger partial charge on any atom is 0.315 e. The van der Waals surface area contributed by atoms with Crippen LogP contribution in [0, 0.1) is 0 Å². The van der Waals surface area contributed by atoms with E-state index in [0.717, 1.165) is 5.56 Å². The quantitative estimate of drug-likeness (QED) is 0.622. The van der Waals surface area contributed by atoms with Crippen molar-refractivity contribution < 1.29 is 19.1 Å². The van der Waals surface area contributed by atoms with E-state index in [9.17, 15) is 14.4 Å². The highest BCUT2D eigenvalue weighted by Gasteiger charge is 2.14. The summed E-state index contributed by atoms with van der Waals surface area (Å²) in [5.74, 6) is -1.27. The third kappa shape index (κ3) is 5.95. The van der Waals surface area contributed by atoms with E-state index in [1.54, 1.807) is 36.4 Å². The molecule has 0 aliphatic heterocycles. The van der Waals surface area contributed by atoms with Crippen LogP contribution in [0.15, 0.2) is 48.5 Å². The van der Waals surface area contributed by atoms with Gasteiger partial charge in [0, 0.05) is 16.9 Å². The highest BCUT2D eigenvalue weighted by molar-refractivity contribution is 6.05. The van der Waals surface area contributed by atoms with E-state index in [1.807, 2.05) is 12.1 Å². The zero-order valence-electron chi connectivity index (χ0n) is 16.0. The fraction of sp³-hybridized carbons (Fsp3) is 0.286. The monoisotopic (exact) mass is 368 g/mol. The number of methoxy groups -OCH3 is 1. The minimum atomic E-state index is -0.603. The molecule has 0 atom stereocenters. The summed E-state index contributed by atoms with van der Waals surface area (Å²) in [7, 11) is 1.23. The zero-order chi connectivity index (χ0) is 20.0. The van der Waals surface area contributed by atoms with Crippen molar-refractivity contribution in [3.05, 3.63) is 59.7 Å². The molecule has 0 heterocycles. The lowest BCUT2D eigenvalue weighted by molar-refractivity contribution is -0.142. The van der Waals surface area contributed by atoms with Crippen molar-refractivity contribution in [2.45, 2.75) is 32.6 Å². The molecule has 0 aliphatic rings. The Labute approximate surface area is 158 Å². The van der Waals surface area contributed by atoms with Crippen LogP contribution in [-0.2, 0) is 19.7 Å². The average Bonchev–Trinajstić information content (AvgIpc) is 2.62. The Morgan fingerprint density at radius 2 is 1.37 bits per heavy atom. The summed E-state index contributed by atoms with van der Waals surface area (Å²) in [5, 5.41) is 5.40. The third-order valence-electron chi connectivity index (χ3n) is 3.97. The Kier molecular flexibility index (Phi) is 6.34. The molecule has 0 aromatic heterocycles. The van der Waals surface area contributed by atoms with Crippen molar-refractivity contribution in [2.75, 3.05) is 17.7 Å². The number of hydrogen-bond donors (Lipinski definition) is 2. The van der Waals surface area contributed by atoms with E-state index >= 15 is 0 Å². The topological polar surface area (TPSA) is 84.5 Å². The molecule has 0 radical (unpaired) electrons. The standard InChI is InChI=1S/C21H24N2O4/c1-21(2,3)15-7-5-14(6-8-15)20(26)23-17-11-9-16(10-12-17)22-18(24)13-19(25)27-4/h5-12H,13H2,1-4H3,(H,22,24)(H,23,26). The van der Waals surface area contributed by atoms with Crippen LogP contribution in [0.5, 0.6) is 0 Å². The number of carbonyl (C=O) groups is 3. The number of benzene rings is 2. The maximum atomic E-state index is 12.4. The molecule has 6 nitrogen and oxygen atoms in total. The van der Waals surface area contributed by atoms with Gasteiger partial charge in [-0.05, 0) is 47.4 Å². The van der Waals surface area contributed by atoms with Crippen molar-refractivity contribution in [2.24, 2.45) is 0 Å². The zero-order valence-corrected chi connectivity index (χ0v) is 16.0. The Hall–Kier alpha value is -3.15. The summed E-state index contributed by atoms with van der Waals surface area (Å²) >= 11 is 0. The molecule has 6 heteroatoms. The molecule has 27 heavy (non-hydrogen) atoms. The molecule has 142 valence electrons. The molecule has 0 fully saturated rings. The lowest BCUT2D eigenvalue weighted by Gasteiger charge is -2.19. The second kappa shape index (κ2) is 8.49. The largest absolute Gasteiger partial charge is 0.469 e. The highest BCUT2D eigenvalue weighted by atomic mass is 16.5. The third-order valence-corrected chi connectivity index (χ3v) is 3.97. The van der Waals surface area contributed by atoms with Crippen molar-refractivity contribution in [3.8, 4) is 0 Å². The molecule has 0 spiro atoms. The predicted molar refractivity (Wildman–Crippen MR) is 105 cm³/mol. The van der Waals surface area contributed by atoms with Gasteiger partial charge in [0.05, 0.1) is 7.11 Å². The number of ether oxygens (including phenoxy) is 1. The van der Waals surface area contributed by atoms with Gasteiger partial charge in [0.25, 0.3) is 5.91 Å². The summed E-state index contributed by atoms with van der Waals surface area (Å²) < 4.78 is 4.44. The van der Waals surface area contributed by atoms with Crippen LogP contribution in [0.25, 0.3) is 0 Å². The minimum Gasteiger partial charge on any atom is -0.469 e. The molecule has 0 saturated carbocycles. The van der Waals surface area contributed by atoms with E-state index in [4.69, 9.17) is 0 Å². The van der Waals surface area contributed by atoms with Gasteiger partial charge in [-0.2, -0.15) is 0 Å². The number of rotatable bonds is 5. The van der Waals surface area contributed by atoms with Crippen LogP contribution in [0.2, 0.25) is 0 Å². The van der Waals surface area contributed by atoms with Gasteiger partial charge in [0.15, 0.2) is 0 Å². The molecule has 2 aromatic rings. The molecular weight excluding hydrogens is 344 g/mol. The SMILES string of the molecule is COC(=O)CC(=O)Nc1ccc(NC(=O)c2ccc(C(C)(C)C)cc2)cc1. The van der Waals surface area contributed by atoms with Gasteiger partial charge < -0.3 is 15.4 Å². The van der Waals surface area contributed by atoms with Crippen LogP contribution in [0.3, 0.4) is 0 Å². The first-order valence-corrected chi connectivity index (χ1v) is 8.57. The van der Waals surface area contributed by atoms with Crippen LogP contribution < -0.4 is 10.6 Å². The fourth-order valence-corrected chi connectivity index (χ4v) is 2.37. The van der Waals surface area contributed by atoms with Crippen LogP contribution >= 0.6 is 0 Å². The van der Waals surface area contributed by atoms with Gasteiger partial charge in [-0.3, -0.25) is 14.4 Å². The van der Waals surface area contributed by atoms with Crippen molar-refractivity contribution in [1.29, 1.82) is 0 Å². The first-order valence-electron chi connectivity index (χ1n) is 8.57. The summed E-state index contributed by atoms with van der Waals surface area (Å²) in [6.45, 7) is 6.36. The molecule has 2 rings (SSSR count). The molecule has 2 aromatic carbocycles. The lowest BCUT2D eigenvalue weighted by Crippen LogP contribution is -2.17. The number of carbonyl (C=O) groups excluding carboxylic acids is 3. The molecule has 2 amide bonds. The fourth-order valence-electron chi connectivity index (χ4n) is 2.37. The maximum absolute atomic E-state index is 12.4. The number of hydrogen-bond acceptors (Lipinski definition) is 4. The molecule has 0 unspecified atom stereocenters. The normalized spacial score (nSPS) is 10.8. The smallest absolute Gasteiger partial charge is 0.315 e. The minimum absolute atomic E-state index is 0.0309. The molecule has 0 bridgehead atoms. The van der Waals surface area contributed by atoms with E-state index in [2.05, 4.69) is 36.1 Å². The second-order valence-corrected chi connectivity index (χ2v) is 7.16. The Morgan fingerprint density at radius 1 is 0.852 bits per heavy atom. The highest BCUT2D eigenvalue weighted by Crippen LogP contribution is 2.22. The predicted octanol–water partition coefficient (Wildman–Crippen LogP) is 3.74. The van der Waals surface area contributed by atoms with Crippen LogP contribution in [0.4, 0.5) is 11.4 Å². The molecule has 0 saturated heterocycles. The Bertz CT molecular complexity index is 819. The van der Waals surface area contributed by atoms with Crippen molar-refractivity contribution in [1.82, 2.24) is 0 Å². The second-order valence-electron chi connectivity index (χ2n) is 7.16. The first kappa shape index (κ1) is 20.2. The van der Waals surface area contributed by atoms with Crippen molar-refractivity contribution >= 4 is 29.2 Å². The van der Waals surface area contributed by atoms with Gasteiger partial charge in [-0.15, -0.1) is 0 Å². The van der Waals surface area contributed by atoms with Crippen LogP contribution in [-0.4, -0.2) is 24.9 Å². The van der Waals surface area contributed by atoms with Gasteiger partial charge in [0.2, 0.25) is 5.91 Å². The van der Waals surface area contributed by atoms with Crippen LogP contribution in [0.1, 0.15) is 43.1 Å². The van der Waals surface area contributed by atoms with Gasteiger partial charge >= 0.3 is 5.97 Å². The first-order chi connectivity index (χ1) is 12.7. The lowest BCUT2D eigenvalue weighted by atomic mass is 9.87. The van der Waals surface area contributed by atoms with Gasteiger partial charge in [-0.1, -0.05) is 32.9 Å². The average molecular weight is 368 g/mol. The van der Waals surface area contributed by atoms with Gasteiger partial charge in [-0.25, -0.2) is 0 Å². The Balaban J connectivity index is 1.96. The van der Waals surface area contributed by atoms with E-state index in [0.29, 0.717) is 16.9 Å². The van der Waals surface area contributed by atoms with Gasteiger partial charge in [0.1, 0.15) is 6.42 Å². The number of anilines is 2. The summed E-state index contributed by atoms with van der Waals surface area (Å²) in [5.41, 5.74) is 2.88. The molecule has 0 aliphatic carbocycles. The number of nitrogens with one attached hydrogen (secondary N) is 2. The summed E-state index contributed by atoms with van der Waals surface area (Å²) in [6, 6.07) is 14.2.